The summed E-state index contributed by atoms with van der Waals surface area (Å²) in [5.74, 6) is -3.00. The number of hydrogen-bond donors (Lipinski definition) is 9. The van der Waals surface area contributed by atoms with Gasteiger partial charge in [-0.15, -0.1) is 0 Å². The van der Waals surface area contributed by atoms with Gasteiger partial charge in [-0.05, 0) is 19.8 Å². The number of aliphatic carboxylic acids is 1. The maximum Gasteiger partial charge on any atom is 0.328 e. The fourth-order valence-corrected chi connectivity index (χ4v) is 2.42. The Hall–Kier alpha value is -3.19. The number of nitrogens with zero attached hydrogens (tertiary/aromatic N) is 1. The Morgan fingerprint density at radius 3 is 2.52 bits per heavy atom. The highest BCUT2D eigenvalue weighted by molar-refractivity contribution is 5.92. The molecule has 1 aromatic rings. The number of carbonyl (C=O) groups excluding carboxylic acids is 2. The van der Waals surface area contributed by atoms with E-state index in [0.29, 0.717) is 18.7 Å². The molecular weight excluding hydrogens is 384 g/mol. The Balaban J connectivity index is 2.76. The number of aliphatic hydroxyl groups is 1. The van der Waals surface area contributed by atoms with Crippen LogP contribution in [0.15, 0.2) is 12.5 Å². The zero-order chi connectivity index (χ0) is 22.0. The van der Waals surface area contributed by atoms with Gasteiger partial charge in [0.15, 0.2) is 12.0 Å². The minimum atomic E-state index is -1.53. The average molecular weight is 412 g/mol. The first-order valence-electron chi connectivity index (χ1n) is 8.94. The van der Waals surface area contributed by atoms with Crippen molar-refractivity contribution in [3.8, 4) is 0 Å². The van der Waals surface area contributed by atoms with E-state index < -0.39 is 42.0 Å². The number of aliphatic hydroxyl groups excluding tert-OH is 1. The third-order valence-corrected chi connectivity index (χ3v) is 3.99. The summed E-state index contributed by atoms with van der Waals surface area (Å²) in [6, 6.07) is -3.61. The van der Waals surface area contributed by atoms with E-state index in [9.17, 15) is 19.5 Å². The van der Waals surface area contributed by atoms with Crippen LogP contribution >= 0.6 is 0 Å². The molecule has 11 N–H and O–H groups in total. The van der Waals surface area contributed by atoms with Crippen molar-refractivity contribution in [2.24, 2.45) is 11.5 Å². The molecule has 0 bridgehead atoms. The second-order valence-electron chi connectivity index (χ2n) is 6.48. The first-order chi connectivity index (χ1) is 13.6. The minimum Gasteiger partial charge on any atom is -0.480 e. The van der Waals surface area contributed by atoms with Crippen LogP contribution in [0, 0.1) is 5.41 Å². The first-order valence-corrected chi connectivity index (χ1v) is 8.94. The van der Waals surface area contributed by atoms with Gasteiger partial charge in [-0.25, -0.2) is 9.78 Å². The van der Waals surface area contributed by atoms with E-state index in [1.165, 1.54) is 19.4 Å². The van der Waals surface area contributed by atoms with Crippen LogP contribution in [0.1, 0.15) is 25.5 Å². The van der Waals surface area contributed by atoms with Crippen LogP contribution in [0.25, 0.3) is 0 Å². The highest BCUT2D eigenvalue weighted by Crippen LogP contribution is 2.03. The predicted molar refractivity (Wildman–Crippen MR) is 103 cm³/mol. The molecule has 0 fully saturated rings. The van der Waals surface area contributed by atoms with Crippen LogP contribution in [0.2, 0.25) is 0 Å². The number of nitrogens with one attached hydrogen (secondary N) is 5. The van der Waals surface area contributed by atoms with Gasteiger partial charge in [0.25, 0.3) is 0 Å². The molecular formula is C16H28N8O5. The maximum absolute atomic E-state index is 12.6. The molecule has 13 heteroatoms. The summed E-state index contributed by atoms with van der Waals surface area (Å²) in [7, 11) is 0. The molecule has 0 radical (unpaired) electrons. The number of carbonyl (C=O) groups is 3. The molecule has 0 saturated heterocycles. The second kappa shape index (κ2) is 11.6. The molecule has 0 aromatic carbocycles. The highest BCUT2D eigenvalue weighted by Gasteiger charge is 2.30. The summed E-state index contributed by atoms with van der Waals surface area (Å²) in [4.78, 5) is 42.9. The number of guanidine groups is 1. The van der Waals surface area contributed by atoms with Crippen LogP contribution in [0.5, 0.6) is 0 Å². The van der Waals surface area contributed by atoms with Crippen molar-refractivity contribution in [3.63, 3.8) is 0 Å². The molecule has 1 aromatic heterocycles. The summed E-state index contributed by atoms with van der Waals surface area (Å²) in [5.41, 5.74) is 11.5. The Kier molecular flexibility index (Phi) is 9.55. The van der Waals surface area contributed by atoms with Gasteiger partial charge in [0.2, 0.25) is 11.8 Å². The summed E-state index contributed by atoms with van der Waals surface area (Å²) in [6.07, 6.45) is 2.32. The lowest BCUT2D eigenvalue weighted by atomic mass is 10.1. The first kappa shape index (κ1) is 23.8. The lowest BCUT2D eigenvalue weighted by Gasteiger charge is -2.23. The lowest BCUT2D eigenvalue weighted by Crippen LogP contribution is -2.57. The molecule has 1 rings (SSSR count). The van der Waals surface area contributed by atoms with E-state index in [-0.39, 0.29) is 18.8 Å². The third kappa shape index (κ3) is 8.57. The highest BCUT2D eigenvalue weighted by atomic mass is 16.4. The zero-order valence-electron chi connectivity index (χ0n) is 16.0. The van der Waals surface area contributed by atoms with E-state index >= 15 is 0 Å². The van der Waals surface area contributed by atoms with Gasteiger partial charge in [0.05, 0.1) is 24.2 Å². The molecule has 0 saturated carbocycles. The standard InChI is InChI=1S/C16H28N8O5/c1-8(25)12(15(28)29)24-14(27)11(5-9-6-20-7-22-9)23-13(26)10(17)3-2-4-21-16(18)19/h6-8,10-12,25H,2-5,17H2,1H3,(H,20,22)(H,23,26)(H,24,27)(H,28,29)(H4,18,19,21)/t8-,10+,11+,12+/m1/s1. The monoisotopic (exact) mass is 412 g/mol. The van der Waals surface area contributed by atoms with Crippen molar-refractivity contribution in [2.45, 2.75) is 50.4 Å². The third-order valence-electron chi connectivity index (χ3n) is 3.99. The fourth-order valence-electron chi connectivity index (χ4n) is 2.42. The van der Waals surface area contributed by atoms with Crippen LogP contribution < -0.4 is 27.4 Å². The van der Waals surface area contributed by atoms with Crippen LogP contribution in [-0.2, 0) is 20.8 Å². The zero-order valence-corrected chi connectivity index (χ0v) is 16.0. The number of aromatic nitrogens is 2. The number of H-pyrrole nitrogens is 1. The van der Waals surface area contributed by atoms with E-state index in [0.717, 1.165) is 0 Å². The maximum atomic E-state index is 12.6. The van der Waals surface area contributed by atoms with Crippen molar-refractivity contribution in [2.75, 3.05) is 6.54 Å². The Bertz CT molecular complexity index is 693. The molecule has 0 aliphatic rings. The second-order valence-corrected chi connectivity index (χ2v) is 6.48. The molecule has 29 heavy (non-hydrogen) atoms. The van der Waals surface area contributed by atoms with Gasteiger partial charge in [0, 0.05) is 19.2 Å². The molecule has 0 spiro atoms. The van der Waals surface area contributed by atoms with Gasteiger partial charge < -0.3 is 42.6 Å². The van der Waals surface area contributed by atoms with E-state index in [1.54, 1.807) is 0 Å². The van der Waals surface area contributed by atoms with Crippen LogP contribution in [-0.4, -0.2) is 74.7 Å². The van der Waals surface area contributed by atoms with E-state index in [2.05, 4.69) is 25.9 Å². The Morgan fingerprint density at radius 2 is 2.00 bits per heavy atom. The summed E-state index contributed by atoms with van der Waals surface area (Å²) in [6.45, 7) is 1.59. The SMILES string of the molecule is C[C@@H](O)[C@H](NC(=O)[C@H](Cc1c[nH]cn1)NC(=O)[C@@H](N)CCCNC(=N)N)C(=O)O. The van der Waals surface area contributed by atoms with Crippen LogP contribution in [0.4, 0.5) is 0 Å². The summed E-state index contributed by atoms with van der Waals surface area (Å²) < 4.78 is 0. The number of amides is 2. The summed E-state index contributed by atoms with van der Waals surface area (Å²) >= 11 is 0. The number of imidazole rings is 1. The number of nitrogens with two attached hydrogens (primary N) is 2. The average Bonchev–Trinajstić information content (AvgIpc) is 3.14. The van der Waals surface area contributed by atoms with Crippen LogP contribution in [0.3, 0.4) is 0 Å². The smallest absolute Gasteiger partial charge is 0.328 e. The topological polar surface area (TPSA) is 232 Å². The molecule has 13 nitrogen and oxygen atoms in total. The molecule has 1 heterocycles. The normalized spacial score (nSPS) is 14.9. The van der Waals surface area contributed by atoms with Crippen molar-refractivity contribution >= 4 is 23.7 Å². The minimum absolute atomic E-state index is 0.00810. The van der Waals surface area contributed by atoms with Crippen molar-refractivity contribution in [1.82, 2.24) is 25.9 Å². The van der Waals surface area contributed by atoms with Gasteiger partial charge in [0.1, 0.15) is 6.04 Å². The number of aromatic amines is 1. The fraction of sp³-hybridized carbons (Fsp3) is 0.562. The number of hydrogen-bond acceptors (Lipinski definition) is 7. The van der Waals surface area contributed by atoms with E-state index in [1.807, 2.05) is 0 Å². The number of carboxylic acid groups (broad SMARTS) is 1. The van der Waals surface area contributed by atoms with Gasteiger partial charge in [-0.3, -0.25) is 15.0 Å². The Labute approximate surface area is 167 Å². The molecule has 0 aliphatic heterocycles. The lowest BCUT2D eigenvalue weighted by molar-refractivity contribution is -0.145. The molecule has 162 valence electrons. The van der Waals surface area contributed by atoms with Gasteiger partial charge >= 0.3 is 5.97 Å². The van der Waals surface area contributed by atoms with Crippen molar-refractivity contribution in [1.29, 1.82) is 5.41 Å². The van der Waals surface area contributed by atoms with E-state index in [4.69, 9.17) is 22.0 Å². The summed E-state index contributed by atoms with van der Waals surface area (Å²) in [5, 5.41) is 33.0. The van der Waals surface area contributed by atoms with Crippen molar-refractivity contribution < 1.29 is 24.6 Å². The Morgan fingerprint density at radius 1 is 1.31 bits per heavy atom. The molecule has 0 unspecified atom stereocenters. The number of carboxylic acids is 1. The predicted octanol–water partition coefficient (Wildman–Crippen LogP) is -3.02. The molecule has 4 atom stereocenters. The number of rotatable bonds is 12. The quantitative estimate of drug-likeness (QED) is 0.0963. The van der Waals surface area contributed by atoms with Gasteiger partial charge in [-0.2, -0.15) is 0 Å². The van der Waals surface area contributed by atoms with Gasteiger partial charge in [-0.1, -0.05) is 0 Å². The van der Waals surface area contributed by atoms with Crippen molar-refractivity contribution in [3.05, 3.63) is 18.2 Å². The largest absolute Gasteiger partial charge is 0.480 e. The molecule has 0 aliphatic carbocycles. The molecule has 2 amide bonds.